The summed E-state index contributed by atoms with van der Waals surface area (Å²) in [5.74, 6) is -0.563. The third kappa shape index (κ3) is 6.93. The van der Waals surface area contributed by atoms with Crippen LogP contribution in [0.3, 0.4) is 0 Å². The lowest BCUT2D eigenvalue weighted by molar-refractivity contribution is -0.139. The number of amides is 2. The monoisotopic (exact) mass is 601 g/mol. The first-order chi connectivity index (χ1) is 18.1. The summed E-state index contributed by atoms with van der Waals surface area (Å²) >= 11 is 3.44. The molecule has 8 nitrogen and oxygen atoms in total. The molecule has 0 saturated carbocycles. The van der Waals surface area contributed by atoms with Crippen LogP contribution in [-0.4, -0.2) is 51.4 Å². The highest BCUT2D eigenvalue weighted by atomic mass is 79.9. The number of benzene rings is 3. The summed E-state index contributed by atoms with van der Waals surface area (Å²) in [6.45, 7) is 5.23. The van der Waals surface area contributed by atoms with Gasteiger partial charge in [0.05, 0.1) is 17.7 Å². The molecule has 0 aliphatic rings. The Balaban J connectivity index is 2.09. The van der Waals surface area contributed by atoms with E-state index in [1.807, 2.05) is 31.2 Å². The predicted molar refractivity (Wildman–Crippen MR) is 152 cm³/mol. The molecule has 0 aliphatic heterocycles. The van der Waals surface area contributed by atoms with E-state index in [1.54, 1.807) is 50.2 Å². The molecule has 3 aromatic rings. The minimum atomic E-state index is -4.17. The van der Waals surface area contributed by atoms with E-state index in [4.69, 9.17) is 4.74 Å². The Morgan fingerprint density at radius 2 is 1.74 bits per heavy atom. The van der Waals surface area contributed by atoms with E-state index >= 15 is 0 Å². The summed E-state index contributed by atoms with van der Waals surface area (Å²) < 4.78 is 35.1. The molecule has 0 saturated heterocycles. The zero-order valence-corrected chi connectivity index (χ0v) is 24.3. The maximum atomic E-state index is 13.9. The zero-order valence-electron chi connectivity index (χ0n) is 21.8. The number of hydrogen-bond donors (Lipinski definition) is 1. The standard InChI is InChI=1S/C28H32BrN3O5S/c1-5-30-28(34)21(3)31(18-22-10-9-11-23(29)17-22)27(33)19-32(25-16-20(2)14-15-26(25)37-4)38(35,36)24-12-7-6-8-13-24/h6-17,21H,5,18-19H2,1-4H3,(H,30,34)/t21-/m1/s1. The highest BCUT2D eigenvalue weighted by molar-refractivity contribution is 9.10. The third-order valence-electron chi connectivity index (χ3n) is 5.97. The van der Waals surface area contributed by atoms with Crippen LogP contribution in [0.2, 0.25) is 0 Å². The van der Waals surface area contributed by atoms with Gasteiger partial charge in [-0.2, -0.15) is 0 Å². The average Bonchev–Trinajstić information content (AvgIpc) is 2.90. The highest BCUT2D eigenvalue weighted by Gasteiger charge is 2.33. The van der Waals surface area contributed by atoms with Crippen LogP contribution in [-0.2, 0) is 26.2 Å². The van der Waals surface area contributed by atoms with E-state index in [0.29, 0.717) is 12.3 Å². The first kappa shape index (κ1) is 29.2. The smallest absolute Gasteiger partial charge is 0.264 e. The summed E-state index contributed by atoms with van der Waals surface area (Å²) in [4.78, 5) is 28.1. The Kier molecular flexibility index (Phi) is 9.93. The van der Waals surface area contributed by atoms with Gasteiger partial charge in [-0.3, -0.25) is 13.9 Å². The molecule has 0 heterocycles. The molecule has 3 rings (SSSR count). The van der Waals surface area contributed by atoms with Crippen molar-refractivity contribution in [2.24, 2.45) is 0 Å². The number of ether oxygens (including phenoxy) is 1. The van der Waals surface area contributed by atoms with Crippen molar-refractivity contribution >= 4 is 43.5 Å². The van der Waals surface area contributed by atoms with Crippen LogP contribution in [0.1, 0.15) is 25.0 Å². The van der Waals surface area contributed by atoms with Gasteiger partial charge >= 0.3 is 0 Å². The van der Waals surface area contributed by atoms with Crippen molar-refractivity contribution < 1.29 is 22.7 Å². The molecule has 0 spiro atoms. The topological polar surface area (TPSA) is 96.0 Å². The quantitative estimate of drug-likeness (QED) is 0.349. The van der Waals surface area contributed by atoms with Crippen molar-refractivity contribution in [2.75, 3.05) is 24.5 Å². The van der Waals surface area contributed by atoms with Gasteiger partial charge in [-0.05, 0) is 68.3 Å². The number of nitrogens with one attached hydrogen (secondary N) is 1. The Morgan fingerprint density at radius 3 is 2.37 bits per heavy atom. The molecule has 0 unspecified atom stereocenters. The minimum absolute atomic E-state index is 0.0340. The fourth-order valence-corrected chi connectivity index (χ4v) is 5.85. The van der Waals surface area contributed by atoms with Crippen molar-refractivity contribution in [1.29, 1.82) is 0 Å². The summed E-state index contributed by atoms with van der Waals surface area (Å²) in [6, 6.07) is 19.6. The summed E-state index contributed by atoms with van der Waals surface area (Å²) in [7, 11) is -2.73. The number of methoxy groups -OCH3 is 1. The molecule has 0 aliphatic carbocycles. The van der Waals surface area contributed by atoms with Gasteiger partial charge in [0.1, 0.15) is 18.3 Å². The van der Waals surface area contributed by atoms with Gasteiger partial charge in [0, 0.05) is 17.6 Å². The lowest BCUT2D eigenvalue weighted by Crippen LogP contribution is -2.51. The molecule has 1 N–H and O–H groups in total. The summed E-state index contributed by atoms with van der Waals surface area (Å²) in [5, 5.41) is 2.75. The molecule has 38 heavy (non-hydrogen) atoms. The van der Waals surface area contributed by atoms with Crippen LogP contribution in [0.15, 0.2) is 82.2 Å². The van der Waals surface area contributed by atoms with Crippen molar-refractivity contribution in [3.05, 3.63) is 88.4 Å². The summed E-state index contributed by atoms with van der Waals surface area (Å²) in [6.07, 6.45) is 0. The van der Waals surface area contributed by atoms with Gasteiger partial charge in [0.25, 0.3) is 10.0 Å². The van der Waals surface area contributed by atoms with Crippen LogP contribution in [0.4, 0.5) is 5.69 Å². The maximum Gasteiger partial charge on any atom is 0.264 e. The molecular weight excluding hydrogens is 570 g/mol. The average molecular weight is 603 g/mol. The van der Waals surface area contributed by atoms with Gasteiger partial charge in [0.2, 0.25) is 11.8 Å². The fourth-order valence-electron chi connectivity index (χ4n) is 3.96. The summed E-state index contributed by atoms with van der Waals surface area (Å²) in [5.41, 5.74) is 1.82. The van der Waals surface area contributed by atoms with E-state index < -0.39 is 28.5 Å². The third-order valence-corrected chi connectivity index (χ3v) is 8.24. The number of aryl methyl sites for hydroxylation is 1. The van der Waals surface area contributed by atoms with E-state index in [9.17, 15) is 18.0 Å². The van der Waals surface area contributed by atoms with E-state index in [-0.39, 0.29) is 23.0 Å². The second kappa shape index (κ2) is 12.9. The number of anilines is 1. The number of likely N-dealkylation sites (N-methyl/N-ethyl adjacent to an activating group) is 1. The van der Waals surface area contributed by atoms with Crippen molar-refractivity contribution in [3.8, 4) is 5.75 Å². The second-order valence-corrected chi connectivity index (χ2v) is 11.5. The van der Waals surface area contributed by atoms with Crippen LogP contribution in [0.5, 0.6) is 5.75 Å². The lowest BCUT2D eigenvalue weighted by atomic mass is 10.1. The zero-order chi connectivity index (χ0) is 27.9. The van der Waals surface area contributed by atoms with Crippen molar-refractivity contribution in [1.82, 2.24) is 10.2 Å². The Bertz CT molecular complexity index is 1380. The van der Waals surface area contributed by atoms with Crippen LogP contribution in [0, 0.1) is 6.92 Å². The molecule has 3 aromatic carbocycles. The molecular formula is C28H32BrN3O5S. The Labute approximate surface area is 232 Å². The van der Waals surface area contributed by atoms with Gasteiger partial charge in [-0.1, -0.05) is 52.3 Å². The molecule has 0 aromatic heterocycles. The van der Waals surface area contributed by atoms with Crippen LogP contribution < -0.4 is 14.4 Å². The molecule has 0 radical (unpaired) electrons. The van der Waals surface area contributed by atoms with E-state index in [1.165, 1.54) is 24.1 Å². The van der Waals surface area contributed by atoms with E-state index in [0.717, 1.165) is 19.9 Å². The molecule has 2 amide bonds. The second-order valence-electron chi connectivity index (χ2n) is 8.72. The number of hydrogen-bond acceptors (Lipinski definition) is 5. The molecule has 0 fully saturated rings. The largest absolute Gasteiger partial charge is 0.495 e. The van der Waals surface area contributed by atoms with Gasteiger partial charge in [0.15, 0.2) is 0 Å². The Morgan fingerprint density at radius 1 is 1.03 bits per heavy atom. The lowest BCUT2D eigenvalue weighted by Gasteiger charge is -2.32. The molecule has 202 valence electrons. The van der Waals surface area contributed by atoms with E-state index in [2.05, 4.69) is 21.2 Å². The highest BCUT2D eigenvalue weighted by Crippen LogP contribution is 2.33. The normalized spacial score (nSPS) is 11.9. The predicted octanol–water partition coefficient (Wildman–Crippen LogP) is 4.51. The maximum absolute atomic E-state index is 13.9. The molecule has 1 atom stereocenters. The van der Waals surface area contributed by atoms with Crippen LogP contribution in [0.25, 0.3) is 0 Å². The van der Waals surface area contributed by atoms with Gasteiger partial charge in [-0.15, -0.1) is 0 Å². The van der Waals surface area contributed by atoms with Gasteiger partial charge < -0.3 is 15.0 Å². The minimum Gasteiger partial charge on any atom is -0.495 e. The van der Waals surface area contributed by atoms with Crippen molar-refractivity contribution in [2.45, 2.75) is 38.3 Å². The number of nitrogens with zero attached hydrogens (tertiary/aromatic N) is 2. The molecule has 10 heteroatoms. The Hall–Kier alpha value is -3.37. The molecule has 0 bridgehead atoms. The number of rotatable bonds is 11. The first-order valence-electron chi connectivity index (χ1n) is 12.1. The number of carbonyl (C=O) groups excluding carboxylic acids is 2. The SMILES string of the molecule is CCNC(=O)[C@@H](C)N(Cc1cccc(Br)c1)C(=O)CN(c1cc(C)ccc1OC)S(=O)(=O)c1ccccc1. The fraction of sp³-hybridized carbons (Fsp3) is 0.286. The van der Waals surface area contributed by atoms with Crippen molar-refractivity contribution in [3.63, 3.8) is 0 Å². The number of carbonyl (C=O) groups is 2. The number of halogens is 1. The first-order valence-corrected chi connectivity index (χ1v) is 14.4. The van der Waals surface area contributed by atoms with Crippen LogP contribution >= 0.6 is 15.9 Å². The number of sulfonamides is 1. The van der Waals surface area contributed by atoms with Gasteiger partial charge in [-0.25, -0.2) is 8.42 Å².